The zero-order valence-corrected chi connectivity index (χ0v) is 13.8. The third kappa shape index (κ3) is 2.89. The summed E-state index contributed by atoms with van der Waals surface area (Å²) in [6, 6.07) is 14.6. The van der Waals surface area contributed by atoms with E-state index in [0.717, 1.165) is 30.0 Å². The molecular formula is C20H22N2O2. The van der Waals surface area contributed by atoms with E-state index in [2.05, 4.69) is 41.8 Å². The van der Waals surface area contributed by atoms with Gasteiger partial charge in [0.1, 0.15) is 5.75 Å². The first-order valence-corrected chi connectivity index (χ1v) is 8.52. The van der Waals surface area contributed by atoms with Gasteiger partial charge in [0.15, 0.2) is 0 Å². The van der Waals surface area contributed by atoms with Crippen molar-refractivity contribution in [3.05, 3.63) is 64.7 Å². The van der Waals surface area contributed by atoms with Crippen LogP contribution in [0.5, 0.6) is 5.75 Å². The Labute approximate surface area is 142 Å². The quantitative estimate of drug-likeness (QED) is 0.910. The molecule has 1 fully saturated rings. The van der Waals surface area contributed by atoms with Crippen molar-refractivity contribution in [2.45, 2.75) is 19.4 Å². The van der Waals surface area contributed by atoms with E-state index in [4.69, 9.17) is 4.74 Å². The third-order valence-corrected chi connectivity index (χ3v) is 5.07. The summed E-state index contributed by atoms with van der Waals surface area (Å²) < 4.78 is 6.02. The Bertz CT molecular complexity index is 755. The molecule has 4 heteroatoms. The van der Waals surface area contributed by atoms with Crippen LogP contribution in [0, 0.1) is 12.8 Å². The van der Waals surface area contributed by atoms with E-state index in [-0.39, 0.29) is 5.91 Å². The van der Waals surface area contributed by atoms with Crippen LogP contribution in [0.15, 0.2) is 42.5 Å². The minimum absolute atomic E-state index is 0.00415. The normalized spacial score (nSPS) is 22.3. The molecular weight excluding hydrogens is 300 g/mol. The molecule has 0 aliphatic carbocycles. The molecule has 2 heterocycles. The van der Waals surface area contributed by atoms with E-state index in [1.807, 2.05) is 18.2 Å². The first-order valence-electron chi connectivity index (χ1n) is 8.52. The van der Waals surface area contributed by atoms with E-state index in [0.29, 0.717) is 25.0 Å². The summed E-state index contributed by atoms with van der Waals surface area (Å²) in [7, 11) is 0. The standard InChI is InChI=1S/C20H22N2O2/c1-13-2-4-14(5-3-13)19-11-21-9-16(19)12-24-17-7-6-15-10-22-20(23)18(15)8-17/h2-8,16,19,21H,9-12H2,1H3,(H,22,23)/t16-,19-/m0/s1. The highest BCUT2D eigenvalue weighted by Crippen LogP contribution is 2.29. The maximum absolute atomic E-state index is 11.8. The maximum Gasteiger partial charge on any atom is 0.252 e. The van der Waals surface area contributed by atoms with Crippen molar-refractivity contribution in [2.24, 2.45) is 5.92 Å². The second-order valence-corrected chi connectivity index (χ2v) is 6.75. The van der Waals surface area contributed by atoms with Gasteiger partial charge < -0.3 is 15.4 Å². The Morgan fingerprint density at radius 2 is 1.96 bits per heavy atom. The molecule has 0 saturated carbocycles. The number of aryl methyl sites for hydroxylation is 1. The van der Waals surface area contributed by atoms with Crippen molar-refractivity contribution in [1.82, 2.24) is 10.6 Å². The first-order chi connectivity index (χ1) is 11.7. The highest BCUT2D eigenvalue weighted by Gasteiger charge is 2.29. The van der Waals surface area contributed by atoms with E-state index < -0.39 is 0 Å². The minimum Gasteiger partial charge on any atom is -0.493 e. The Hall–Kier alpha value is -2.33. The van der Waals surface area contributed by atoms with Crippen LogP contribution < -0.4 is 15.4 Å². The third-order valence-electron chi connectivity index (χ3n) is 5.07. The molecule has 124 valence electrons. The zero-order chi connectivity index (χ0) is 16.5. The molecule has 2 aliphatic rings. The predicted molar refractivity (Wildman–Crippen MR) is 93.4 cm³/mol. The number of rotatable bonds is 4. The second-order valence-electron chi connectivity index (χ2n) is 6.75. The van der Waals surface area contributed by atoms with Crippen molar-refractivity contribution in [1.29, 1.82) is 0 Å². The van der Waals surface area contributed by atoms with E-state index in [1.54, 1.807) is 0 Å². The summed E-state index contributed by atoms with van der Waals surface area (Å²) in [5, 5.41) is 6.31. The lowest BCUT2D eigenvalue weighted by molar-refractivity contribution is 0.0965. The zero-order valence-electron chi connectivity index (χ0n) is 13.8. The fourth-order valence-corrected chi connectivity index (χ4v) is 3.60. The lowest BCUT2D eigenvalue weighted by Crippen LogP contribution is -2.19. The molecule has 1 saturated heterocycles. The van der Waals surface area contributed by atoms with E-state index in [9.17, 15) is 4.79 Å². The van der Waals surface area contributed by atoms with Crippen molar-refractivity contribution in [3.8, 4) is 5.75 Å². The van der Waals surface area contributed by atoms with Gasteiger partial charge in [-0.05, 0) is 30.2 Å². The number of ether oxygens (including phenoxy) is 1. The number of amides is 1. The minimum atomic E-state index is -0.00415. The highest BCUT2D eigenvalue weighted by molar-refractivity contribution is 5.98. The molecule has 2 N–H and O–H groups in total. The molecule has 24 heavy (non-hydrogen) atoms. The number of carbonyl (C=O) groups excluding carboxylic acids is 1. The molecule has 2 aromatic carbocycles. The Balaban J connectivity index is 1.44. The van der Waals surface area contributed by atoms with Gasteiger partial charge in [-0.3, -0.25) is 4.79 Å². The number of carbonyl (C=O) groups is 1. The molecule has 2 aliphatic heterocycles. The number of hydrogen-bond acceptors (Lipinski definition) is 3. The molecule has 4 rings (SSSR count). The fraction of sp³-hybridized carbons (Fsp3) is 0.350. The smallest absolute Gasteiger partial charge is 0.252 e. The van der Waals surface area contributed by atoms with Crippen LogP contribution >= 0.6 is 0 Å². The second kappa shape index (κ2) is 6.29. The van der Waals surface area contributed by atoms with Gasteiger partial charge in [-0.1, -0.05) is 35.9 Å². The molecule has 1 amide bonds. The SMILES string of the molecule is Cc1ccc([C@@H]2CNC[C@H]2COc2ccc3c(c2)C(=O)NC3)cc1. The van der Waals surface area contributed by atoms with Gasteiger partial charge >= 0.3 is 0 Å². The summed E-state index contributed by atoms with van der Waals surface area (Å²) in [6.45, 7) is 5.34. The molecule has 0 radical (unpaired) electrons. The number of nitrogens with one attached hydrogen (secondary N) is 2. The van der Waals surface area contributed by atoms with Crippen LogP contribution in [0.2, 0.25) is 0 Å². The van der Waals surface area contributed by atoms with Crippen molar-refractivity contribution in [3.63, 3.8) is 0 Å². The fourth-order valence-electron chi connectivity index (χ4n) is 3.60. The van der Waals surface area contributed by atoms with Gasteiger partial charge in [0.2, 0.25) is 0 Å². The summed E-state index contributed by atoms with van der Waals surface area (Å²) in [6.07, 6.45) is 0. The van der Waals surface area contributed by atoms with Gasteiger partial charge in [0, 0.05) is 37.0 Å². The number of fused-ring (bicyclic) bond motifs is 1. The van der Waals surface area contributed by atoms with Crippen LogP contribution in [0.1, 0.15) is 33.0 Å². The Morgan fingerprint density at radius 3 is 2.79 bits per heavy atom. The van der Waals surface area contributed by atoms with Crippen molar-refractivity contribution in [2.75, 3.05) is 19.7 Å². The summed E-state index contributed by atoms with van der Waals surface area (Å²) >= 11 is 0. The average Bonchev–Trinajstić information content (AvgIpc) is 3.21. The highest BCUT2D eigenvalue weighted by atomic mass is 16.5. The first kappa shape index (κ1) is 15.2. The molecule has 4 nitrogen and oxygen atoms in total. The van der Waals surface area contributed by atoms with E-state index >= 15 is 0 Å². The van der Waals surface area contributed by atoms with Crippen LogP contribution in [0.25, 0.3) is 0 Å². The Morgan fingerprint density at radius 1 is 1.12 bits per heavy atom. The number of benzene rings is 2. The lowest BCUT2D eigenvalue weighted by atomic mass is 9.89. The van der Waals surface area contributed by atoms with Gasteiger partial charge in [-0.2, -0.15) is 0 Å². The predicted octanol–water partition coefficient (Wildman–Crippen LogP) is 2.62. The molecule has 0 bridgehead atoms. The number of hydrogen-bond donors (Lipinski definition) is 2. The van der Waals surface area contributed by atoms with Crippen LogP contribution in [-0.2, 0) is 6.54 Å². The van der Waals surface area contributed by atoms with Gasteiger partial charge in [0.05, 0.1) is 6.61 Å². The molecule has 2 atom stereocenters. The summed E-state index contributed by atoms with van der Waals surface area (Å²) in [5.74, 6) is 1.69. The molecule has 0 spiro atoms. The van der Waals surface area contributed by atoms with Gasteiger partial charge in [0.25, 0.3) is 5.91 Å². The Kier molecular flexibility index (Phi) is 3.98. The maximum atomic E-state index is 11.8. The van der Waals surface area contributed by atoms with Gasteiger partial charge in [-0.25, -0.2) is 0 Å². The van der Waals surface area contributed by atoms with E-state index in [1.165, 1.54) is 11.1 Å². The average molecular weight is 322 g/mol. The van der Waals surface area contributed by atoms with Crippen LogP contribution in [0.4, 0.5) is 0 Å². The largest absolute Gasteiger partial charge is 0.493 e. The molecule has 0 aromatic heterocycles. The lowest BCUT2D eigenvalue weighted by Gasteiger charge is -2.20. The van der Waals surface area contributed by atoms with Crippen molar-refractivity contribution >= 4 is 5.91 Å². The van der Waals surface area contributed by atoms with Crippen LogP contribution in [0.3, 0.4) is 0 Å². The molecule has 2 aromatic rings. The van der Waals surface area contributed by atoms with Crippen molar-refractivity contribution < 1.29 is 9.53 Å². The van der Waals surface area contributed by atoms with Crippen LogP contribution in [-0.4, -0.2) is 25.6 Å². The summed E-state index contributed by atoms with van der Waals surface area (Å²) in [5.41, 5.74) is 4.45. The summed E-state index contributed by atoms with van der Waals surface area (Å²) in [4.78, 5) is 11.8. The molecule has 0 unspecified atom stereocenters. The topological polar surface area (TPSA) is 50.4 Å². The van der Waals surface area contributed by atoms with Gasteiger partial charge in [-0.15, -0.1) is 0 Å². The monoisotopic (exact) mass is 322 g/mol.